The lowest BCUT2D eigenvalue weighted by Gasteiger charge is -2.37. The van der Waals surface area contributed by atoms with Gasteiger partial charge in [0, 0.05) is 68.3 Å². The predicted octanol–water partition coefficient (Wildman–Crippen LogP) is 3.40. The molecule has 0 bridgehead atoms. The fourth-order valence-corrected chi connectivity index (χ4v) is 12.4. The smallest absolute Gasteiger partial charge is 0.248 e. The number of nitrogens with one attached hydrogen (secondary N) is 4. The van der Waals surface area contributed by atoms with Crippen LogP contribution in [-0.4, -0.2) is 263 Å². The van der Waals surface area contributed by atoms with Crippen molar-refractivity contribution in [1.29, 1.82) is 0 Å². The SMILES string of the molecule is CC[C@H]1C(=O)N[C@@H]([C@@H](C)O)C(=O)N(C)CC(=O)N(C)[C@@H](Cc2ccccc2)C(=O)N(C)[C@@H](CC)C(=O)N[C@@H](COC(C)(C)C)C(=O)N(C)[C@@H](CC(C)C)C(=O)N[C@H](C(=O)N2CCCCC2)CC(=O)N(CCc2ccccc2)CC(=O)N(C)[C@@H](CC(C)C)C(=O)N[C@@H](CC(C)C)C(=O)N1C. The molecule has 552 valence electrons. The number of amides is 12. The van der Waals surface area contributed by atoms with Gasteiger partial charge >= 0.3 is 0 Å². The number of likely N-dealkylation sites (tertiary alicyclic amines) is 1. The number of ether oxygens (including phenoxy) is 1. The summed E-state index contributed by atoms with van der Waals surface area (Å²) in [6, 6.07) is 5.87. The second-order valence-electron chi connectivity index (χ2n) is 29.0. The van der Waals surface area contributed by atoms with Crippen molar-refractivity contribution in [2.75, 3.05) is 81.6 Å². The number of piperidine rings is 1. The molecular formula is C73H116N12O14. The molecular weight excluding hydrogens is 1270 g/mol. The Kier molecular flexibility index (Phi) is 33.0. The van der Waals surface area contributed by atoms with Gasteiger partial charge in [0.25, 0.3) is 0 Å². The van der Waals surface area contributed by atoms with E-state index in [9.17, 15) is 43.5 Å². The number of hydrogen-bond donors (Lipinski definition) is 5. The lowest BCUT2D eigenvalue weighted by Crippen LogP contribution is -2.61. The monoisotopic (exact) mass is 1380 g/mol. The van der Waals surface area contributed by atoms with Crippen LogP contribution in [0.3, 0.4) is 0 Å². The first kappa shape index (κ1) is 83.4. The van der Waals surface area contributed by atoms with Gasteiger partial charge in [-0.2, -0.15) is 0 Å². The Morgan fingerprint density at radius 2 is 0.960 bits per heavy atom. The zero-order chi connectivity index (χ0) is 74.3. The van der Waals surface area contributed by atoms with Crippen LogP contribution >= 0.6 is 0 Å². The van der Waals surface area contributed by atoms with Gasteiger partial charge in [-0.05, 0) is 114 Å². The number of rotatable bonds is 17. The molecule has 26 heteroatoms. The van der Waals surface area contributed by atoms with Crippen molar-refractivity contribution in [3.8, 4) is 0 Å². The van der Waals surface area contributed by atoms with Gasteiger partial charge in [-0.3, -0.25) is 57.5 Å². The second-order valence-corrected chi connectivity index (χ2v) is 29.0. The van der Waals surface area contributed by atoms with Gasteiger partial charge in [0.15, 0.2) is 0 Å². The number of carbonyl (C=O) groups excluding carboxylic acids is 12. The predicted molar refractivity (Wildman–Crippen MR) is 376 cm³/mol. The van der Waals surface area contributed by atoms with Crippen LogP contribution in [0.1, 0.15) is 152 Å². The number of benzene rings is 2. The van der Waals surface area contributed by atoms with Gasteiger partial charge in [-0.25, -0.2) is 0 Å². The van der Waals surface area contributed by atoms with Gasteiger partial charge in [0.2, 0.25) is 70.9 Å². The topological polar surface area (TPSA) is 308 Å². The van der Waals surface area contributed by atoms with E-state index in [-0.39, 0.29) is 69.2 Å². The average Bonchev–Trinajstić information content (AvgIpc) is 0.829. The van der Waals surface area contributed by atoms with Crippen LogP contribution in [0.15, 0.2) is 60.7 Å². The summed E-state index contributed by atoms with van der Waals surface area (Å²) in [5, 5.41) is 22.3. The normalized spacial score (nSPS) is 24.5. The third kappa shape index (κ3) is 25.0. The van der Waals surface area contributed by atoms with Gasteiger partial charge in [-0.15, -0.1) is 0 Å². The number of aliphatic hydroxyl groups is 1. The fraction of sp³-hybridized carbons (Fsp3) is 0.671. The van der Waals surface area contributed by atoms with Crippen molar-refractivity contribution in [3.63, 3.8) is 0 Å². The summed E-state index contributed by atoms with van der Waals surface area (Å²) in [6.45, 7) is 20.0. The van der Waals surface area contributed by atoms with Crippen LogP contribution in [0, 0.1) is 17.8 Å². The molecule has 5 N–H and O–H groups in total. The number of nitrogens with zero attached hydrogens (tertiary/aromatic N) is 8. The molecule has 2 aliphatic heterocycles. The molecule has 26 nitrogen and oxygen atoms in total. The first-order chi connectivity index (χ1) is 46.4. The third-order valence-corrected chi connectivity index (χ3v) is 18.4. The zero-order valence-electron chi connectivity index (χ0n) is 62.1. The second kappa shape index (κ2) is 39.1. The third-order valence-electron chi connectivity index (χ3n) is 18.4. The van der Waals surface area contributed by atoms with Gasteiger partial charge in [-0.1, -0.05) is 116 Å². The summed E-state index contributed by atoms with van der Waals surface area (Å²) in [5.41, 5.74) is 0.620. The first-order valence-electron chi connectivity index (χ1n) is 35.2. The quantitative estimate of drug-likeness (QED) is 0.152. The number of carbonyl (C=O) groups is 12. The minimum Gasteiger partial charge on any atom is -0.391 e. The summed E-state index contributed by atoms with van der Waals surface area (Å²) < 4.78 is 6.18. The van der Waals surface area contributed by atoms with Gasteiger partial charge < -0.3 is 70.3 Å². The van der Waals surface area contributed by atoms with Crippen LogP contribution in [0.25, 0.3) is 0 Å². The van der Waals surface area contributed by atoms with Crippen molar-refractivity contribution in [2.24, 2.45) is 17.8 Å². The summed E-state index contributed by atoms with van der Waals surface area (Å²) in [6.07, 6.45) is 0.559. The van der Waals surface area contributed by atoms with E-state index >= 15 is 19.2 Å². The molecule has 0 saturated carbocycles. The summed E-state index contributed by atoms with van der Waals surface area (Å²) >= 11 is 0. The van der Waals surface area contributed by atoms with Crippen LogP contribution in [0.5, 0.6) is 0 Å². The Bertz CT molecular complexity index is 3050. The van der Waals surface area contributed by atoms with Crippen LogP contribution in [-0.2, 0) is 75.1 Å². The van der Waals surface area contributed by atoms with Crippen molar-refractivity contribution in [2.45, 2.75) is 220 Å². The van der Waals surface area contributed by atoms with Gasteiger partial charge in [0.1, 0.15) is 54.4 Å². The van der Waals surface area contributed by atoms with E-state index in [1.165, 1.54) is 68.8 Å². The molecule has 10 atom stereocenters. The molecule has 12 amide bonds. The molecule has 2 saturated heterocycles. The van der Waals surface area contributed by atoms with Crippen LogP contribution in [0.2, 0.25) is 0 Å². The number of aliphatic hydroxyl groups excluding tert-OH is 1. The Morgan fingerprint density at radius 1 is 0.515 bits per heavy atom. The summed E-state index contributed by atoms with van der Waals surface area (Å²) in [7, 11) is 8.28. The number of hydrogen-bond acceptors (Lipinski definition) is 14. The highest BCUT2D eigenvalue weighted by Gasteiger charge is 2.43. The highest BCUT2D eigenvalue weighted by molar-refractivity contribution is 6.00. The summed E-state index contributed by atoms with van der Waals surface area (Å²) in [4.78, 5) is 188. The molecule has 0 radical (unpaired) electrons. The lowest BCUT2D eigenvalue weighted by atomic mass is 9.98. The van der Waals surface area contributed by atoms with Crippen molar-refractivity contribution >= 4 is 70.9 Å². The first-order valence-corrected chi connectivity index (χ1v) is 35.2. The molecule has 2 aromatic carbocycles. The van der Waals surface area contributed by atoms with Gasteiger partial charge in [0.05, 0.1) is 37.8 Å². The largest absolute Gasteiger partial charge is 0.391 e. The molecule has 2 fully saturated rings. The van der Waals surface area contributed by atoms with Crippen LogP contribution in [0.4, 0.5) is 0 Å². The molecule has 0 spiro atoms. The Hall–Kier alpha value is -8.00. The highest BCUT2D eigenvalue weighted by atomic mass is 16.5. The van der Waals surface area contributed by atoms with E-state index in [0.29, 0.717) is 31.5 Å². The lowest BCUT2D eigenvalue weighted by molar-refractivity contribution is -0.151. The van der Waals surface area contributed by atoms with Crippen LogP contribution < -0.4 is 21.3 Å². The van der Waals surface area contributed by atoms with E-state index in [1.807, 2.05) is 71.9 Å². The van der Waals surface area contributed by atoms with E-state index in [2.05, 4.69) is 21.3 Å². The van der Waals surface area contributed by atoms with E-state index in [1.54, 1.807) is 69.9 Å². The standard InChI is InChI=1S/C73H116N12O14/c1-19-55-64(90)76-54(45-99-73(10,11)12)69(95)83(18)58(40-48(7)8)67(93)75-53(70(96)84-35-28-23-29-36-84)42-60(87)85(37-34-50-30-24-21-25-31-50)44-62(89)79(14)57(39-47(5)6)66(92)74-52(38-46(3)4)68(94)81(16)56(20-2)65(91)77-63(49(9)86)72(98)78(13)43-61(88)80(15)59(71(97)82(55)17)41-51-32-26-22-27-33-51/h21-22,24-27,30-33,46-49,52-59,63,86H,19-20,23,28-29,34-45H2,1-18H3,(H,74,92)(H,75,93)(H,76,90)(H,77,91)/t49-,52+,53+,54+,55+,56+,57+,58+,59+,63+/m1/s1. The fourth-order valence-electron chi connectivity index (χ4n) is 12.4. The molecule has 2 heterocycles. The maximum Gasteiger partial charge on any atom is 0.248 e. The molecule has 0 aromatic heterocycles. The van der Waals surface area contributed by atoms with Crippen molar-refractivity contribution in [1.82, 2.24) is 60.5 Å². The average molecular weight is 1390 g/mol. The molecule has 2 aliphatic rings. The summed E-state index contributed by atoms with van der Waals surface area (Å²) in [5.74, 6) is -9.29. The molecule has 0 unspecified atom stereocenters. The molecule has 0 aliphatic carbocycles. The Morgan fingerprint density at radius 3 is 1.47 bits per heavy atom. The van der Waals surface area contributed by atoms with E-state index < -0.39 is 163 Å². The number of likely N-dealkylation sites (N-methyl/N-ethyl adjacent to an activating group) is 6. The molecule has 99 heavy (non-hydrogen) atoms. The Balaban J connectivity index is 1.96. The van der Waals surface area contributed by atoms with E-state index in [4.69, 9.17) is 4.74 Å². The maximum atomic E-state index is 15.2. The van der Waals surface area contributed by atoms with E-state index in [0.717, 1.165) is 26.7 Å². The maximum absolute atomic E-state index is 15.2. The highest BCUT2D eigenvalue weighted by Crippen LogP contribution is 2.22. The molecule has 2 aromatic rings. The zero-order valence-corrected chi connectivity index (χ0v) is 62.1. The van der Waals surface area contributed by atoms with Crippen molar-refractivity contribution in [3.05, 3.63) is 71.8 Å². The molecule has 4 rings (SSSR count). The Labute approximate surface area is 587 Å². The minimum absolute atomic E-state index is 0.00857. The van der Waals surface area contributed by atoms with Crippen molar-refractivity contribution < 1.29 is 67.4 Å². The minimum atomic E-state index is -1.65.